The van der Waals surface area contributed by atoms with E-state index in [1.165, 1.54) is 20.3 Å². The van der Waals surface area contributed by atoms with Gasteiger partial charge < -0.3 is 34.5 Å². The first-order valence-electron chi connectivity index (χ1n) is 13.5. The van der Waals surface area contributed by atoms with Crippen LogP contribution in [0.2, 0.25) is 10.0 Å². The van der Waals surface area contributed by atoms with Gasteiger partial charge in [0.05, 0.1) is 62.4 Å². The molecule has 4 rings (SSSR count). The summed E-state index contributed by atoms with van der Waals surface area (Å²) in [6.07, 6.45) is 3.38. The number of hydrogen-bond acceptors (Lipinski definition) is 11. The molecule has 1 fully saturated rings. The Morgan fingerprint density at radius 1 is 1.14 bits per heavy atom. The molecule has 0 amide bonds. The van der Waals surface area contributed by atoms with Crippen LogP contribution < -0.4 is 20.1 Å². The molecule has 42 heavy (non-hydrogen) atoms. The van der Waals surface area contributed by atoms with Gasteiger partial charge in [-0.3, -0.25) is 4.79 Å². The highest BCUT2D eigenvalue weighted by Crippen LogP contribution is 2.46. The number of allylic oxidation sites excluding steroid dienone is 1. The standard InChI is InChI=1S/C29H36Cl2N6O5/c1-6-19(38)11-18-15-42-16-21(18)35-29-33-14-17-12-20(24-25(30)22(39-4)13-23(40-5)26(24)31)34-28(27(17)36-29)32-7-9-41-10-8-37(2)3/h6,12-14,18,21H,1,7-11,15-16H2,2-5H3,(H,32,34)(H,33,35,36)/t18-,21+/m0/s1. The van der Waals surface area contributed by atoms with Crippen LogP contribution >= 0.6 is 23.2 Å². The third kappa shape index (κ3) is 7.59. The Morgan fingerprint density at radius 2 is 1.88 bits per heavy atom. The number of carbonyl (C=O) groups excluding carboxylic acids is 1. The molecular weight excluding hydrogens is 583 g/mol. The maximum absolute atomic E-state index is 12.0. The number of fused-ring (bicyclic) bond motifs is 1. The maximum Gasteiger partial charge on any atom is 0.223 e. The second-order valence-corrected chi connectivity index (χ2v) is 10.8. The molecule has 0 aliphatic carbocycles. The number of pyridine rings is 1. The third-order valence-corrected chi connectivity index (χ3v) is 7.57. The predicted octanol–water partition coefficient (Wildman–Crippen LogP) is 4.58. The zero-order valence-corrected chi connectivity index (χ0v) is 25.7. The monoisotopic (exact) mass is 618 g/mol. The molecule has 0 radical (unpaired) electrons. The lowest BCUT2D eigenvalue weighted by atomic mass is 9.97. The lowest BCUT2D eigenvalue weighted by Crippen LogP contribution is -2.30. The van der Waals surface area contributed by atoms with Gasteiger partial charge >= 0.3 is 0 Å². The van der Waals surface area contributed by atoms with E-state index in [0.717, 1.165) is 6.54 Å². The second kappa shape index (κ2) is 14.8. The highest BCUT2D eigenvalue weighted by atomic mass is 35.5. The quantitative estimate of drug-likeness (QED) is 0.184. The van der Waals surface area contributed by atoms with Crippen molar-refractivity contribution in [2.75, 3.05) is 78.5 Å². The SMILES string of the molecule is C=CC(=O)C[C@H]1COC[C@H]1Nc1ncc2cc(-c3c(Cl)c(OC)cc(OC)c3Cl)nc(NCCOCCN(C)C)c2n1. The van der Waals surface area contributed by atoms with Gasteiger partial charge in [0.15, 0.2) is 11.6 Å². The van der Waals surface area contributed by atoms with Gasteiger partial charge in [0.2, 0.25) is 5.95 Å². The average Bonchev–Trinajstić information content (AvgIpc) is 3.40. The van der Waals surface area contributed by atoms with Crippen LogP contribution in [0.15, 0.2) is 31.0 Å². The number of nitrogens with zero attached hydrogens (tertiary/aromatic N) is 4. The van der Waals surface area contributed by atoms with E-state index in [1.54, 1.807) is 12.3 Å². The predicted molar refractivity (Wildman–Crippen MR) is 165 cm³/mol. The molecule has 11 nitrogen and oxygen atoms in total. The van der Waals surface area contributed by atoms with E-state index < -0.39 is 0 Å². The van der Waals surface area contributed by atoms with Gasteiger partial charge in [-0.15, -0.1) is 0 Å². The summed E-state index contributed by atoms with van der Waals surface area (Å²) in [5.41, 5.74) is 1.54. The topological polar surface area (TPSA) is 120 Å². The number of anilines is 2. The van der Waals surface area contributed by atoms with Crippen molar-refractivity contribution in [2.24, 2.45) is 5.92 Å². The van der Waals surface area contributed by atoms with Gasteiger partial charge in [-0.05, 0) is 26.2 Å². The highest BCUT2D eigenvalue weighted by molar-refractivity contribution is 6.41. The first-order valence-corrected chi connectivity index (χ1v) is 14.2. The molecule has 0 unspecified atom stereocenters. The fourth-order valence-electron chi connectivity index (χ4n) is 4.53. The molecule has 1 saturated heterocycles. The van der Waals surface area contributed by atoms with Crippen LogP contribution in [0.4, 0.5) is 11.8 Å². The van der Waals surface area contributed by atoms with E-state index in [-0.39, 0.29) is 17.7 Å². The van der Waals surface area contributed by atoms with Crippen LogP contribution in [0.1, 0.15) is 6.42 Å². The van der Waals surface area contributed by atoms with E-state index in [4.69, 9.17) is 52.1 Å². The Hall–Kier alpha value is -3.22. The minimum Gasteiger partial charge on any atom is -0.495 e. The van der Waals surface area contributed by atoms with Gasteiger partial charge in [-0.2, -0.15) is 0 Å². The average molecular weight is 620 g/mol. The van der Waals surface area contributed by atoms with Crippen LogP contribution in [0.5, 0.6) is 11.5 Å². The molecule has 1 aliphatic heterocycles. The summed E-state index contributed by atoms with van der Waals surface area (Å²) in [7, 11) is 7.03. The van der Waals surface area contributed by atoms with E-state index in [2.05, 4.69) is 27.1 Å². The summed E-state index contributed by atoms with van der Waals surface area (Å²) in [5, 5.41) is 7.99. The number of aromatic nitrogens is 3. The molecule has 3 heterocycles. The van der Waals surface area contributed by atoms with Crippen molar-refractivity contribution in [1.29, 1.82) is 0 Å². The number of benzene rings is 1. The van der Waals surface area contributed by atoms with Gasteiger partial charge in [0.1, 0.15) is 17.0 Å². The van der Waals surface area contributed by atoms with E-state index in [9.17, 15) is 4.79 Å². The number of carbonyl (C=O) groups is 1. The van der Waals surface area contributed by atoms with Crippen LogP contribution in [0.3, 0.4) is 0 Å². The van der Waals surface area contributed by atoms with Crippen LogP contribution in [-0.4, -0.2) is 99.5 Å². The Labute approximate surface area is 255 Å². The molecule has 2 N–H and O–H groups in total. The second-order valence-electron chi connectivity index (χ2n) is 10.0. The zero-order chi connectivity index (χ0) is 30.2. The normalized spacial score (nSPS) is 16.5. The minimum atomic E-state index is -0.123. The molecule has 1 aliphatic rings. The number of halogens is 2. The Kier molecular flexibility index (Phi) is 11.2. The van der Waals surface area contributed by atoms with Crippen molar-refractivity contribution in [3.05, 3.63) is 41.0 Å². The molecular formula is C29H36Cl2N6O5. The Morgan fingerprint density at radius 3 is 2.55 bits per heavy atom. The largest absolute Gasteiger partial charge is 0.495 e. The summed E-state index contributed by atoms with van der Waals surface area (Å²) in [5.74, 6) is 1.65. The fraction of sp³-hybridized carbons (Fsp3) is 0.448. The van der Waals surface area contributed by atoms with Crippen molar-refractivity contribution in [3.8, 4) is 22.8 Å². The van der Waals surface area contributed by atoms with Crippen LogP contribution in [-0.2, 0) is 14.3 Å². The molecule has 2 aromatic heterocycles. The molecule has 0 spiro atoms. The number of likely N-dealkylation sites (N-methyl/N-ethyl adjacent to an activating group) is 1. The Balaban J connectivity index is 1.69. The summed E-state index contributed by atoms with van der Waals surface area (Å²) in [6, 6.07) is 3.32. The minimum absolute atomic E-state index is 0.0143. The molecule has 0 saturated carbocycles. The van der Waals surface area contributed by atoms with Crippen molar-refractivity contribution in [2.45, 2.75) is 12.5 Å². The number of ketones is 1. The molecule has 1 aromatic carbocycles. The number of hydrogen-bond donors (Lipinski definition) is 2. The van der Waals surface area contributed by atoms with E-state index in [1.807, 2.05) is 20.2 Å². The van der Waals surface area contributed by atoms with E-state index >= 15 is 0 Å². The summed E-state index contributed by atoms with van der Waals surface area (Å²) in [6.45, 7) is 6.86. The van der Waals surface area contributed by atoms with Crippen LogP contribution in [0, 0.1) is 5.92 Å². The molecule has 2 atom stereocenters. The number of ether oxygens (including phenoxy) is 4. The molecule has 0 bridgehead atoms. The van der Waals surface area contributed by atoms with Gasteiger partial charge in [0.25, 0.3) is 0 Å². The van der Waals surface area contributed by atoms with Gasteiger partial charge in [-0.25, -0.2) is 15.0 Å². The highest BCUT2D eigenvalue weighted by Gasteiger charge is 2.30. The zero-order valence-electron chi connectivity index (χ0n) is 24.2. The van der Waals surface area contributed by atoms with Crippen molar-refractivity contribution in [1.82, 2.24) is 19.9 Å². The molecule has 226 valence electrons. The first kappa shape index (κ1) is 31.7. The Bertz CT molecular complexity index is 1400. The summed E-state index contributed by atoms with van der Waals surface area (Å²) in [4.78, 5) is 28.2. The van der Waals surface area contributed by atoms with Crippen molar-refractivity contribution in [3.63, 3.8) is 0 Å². The summed E-state index contributed by atoms with van der Waals surface area (Å²) < 4.78 is 22.3. The van der Waals surface area contributed by atoms with Gasteiger partial charge in [0, 0.05) is 48.6 Å². The van der Waals surface area contributed by atoms with Crippen LogP contribution in [0.25, 0.3) is 22.2 Å². The first-order chi connectivity index (χ1) is 20.2. The van der Waals surface area contributed by atoms with Crippen molar-refractivity contribution >= 4 is 51.7 Å². The number of nitrogens with one attached hydrogen (secondary N) is 2. The fourth-order valence-corrected chi connectivity index (χ4v) is 5.22. The lowest BCUT2D eigenvalue weighted by molar-refractivity contribution is -0.115. The molecule has 3 aromatic rings. The van der Waals surface area contributed by atoms with Crippen molar-refractivity contribution < 1.29 is 23.7 Å². The number of rotatable bonds is 15. The summed E-state index contributed by atoms with van der Waals surface area (Å²) >= 11 is 13.4. The smallest absolute Gasteiger partial charge is 0.223 e. The number of methoxy groups -OCH3 is 2. The molecule has 13 heteroatoms. The third-order valence-electron chi connectivity index (χ3n) is 6.82. The maximum atomic E-state index is 12.0. The van der Waals surface area contributed by atoms with E-state index in [0.29, 0.717) is 94.9 Å². The lowest BCUT2D eigenvalue weighted by Gasteiger charge is -2.19. The van der Waals surface area contributed by atoms with Gasteiger partial charge in [-0.1, -0.05) is 29.8 Å².